The number of aliphatic hydroxyl groups excluding tert-OH is 1. The van der Waals surface area contributed by atoms with Crippen molar-refractivity contribution < 1.29 is 21.2 Å². The van der Waals surface area contributed by atoms with E-state index in [4.69, 9.17) is 11.6 Å². The largest absolute Gasteiger partial charge is 0.394 e. The number of anilines is 2. The Morgan fingerprint density at radius 1 is 1.24 bits per heavy atom. The smallest absolute Gasteiger partial charge is 0.263 e. The zero-order chi connectivity index (χ0) is 26.2. The molecule has 9 nitrogen and oxygen atoms in total. The highest BCUT2D eigenvalue weighted by atomic mass is 35.5. The van der Waals surface area contributed by atoms with Crippen LogP contribution in [-0.2, 0) is 14.8 Å². The highest BCUT2D eigenvalue weighted by Gasteiger charge is 2.33. The molecule has 2 aromatic carbocycles. The maximum absolute atomic E-state index is 13.5. The molecule has 12 heteroatoms. The number of fused-ring (bicyclic) bond motifs is 1. The maximum atomic E-state index is 13.5. The minimum Gasteiger partial charge on any atom is -0.394 e. The number of amides is 1. The molecule has 1 aliphatic rings. The Morgan fingerprint density at radius 2 is 2.03 bits per heavy atom. The molecule has 2 atom stereocenters. The second-order valence-electron chi connectivity index (χ2n) is 8.85. The SMILES string of the molecule is C[C@@H](C(=O)N1CCN(c2ccc(S(=O)(=O)Nc3nccs3)cc2)C[C@H]1CO)n1ccc2ccc(Cl)cc21.[HH].[HH]. The lowest BCUT2D eigenvalue weighted by atomic mass is 10.1. The molecule has 0 spiro atoms. The average Bonchev–Trinajstić information content (AvgIpc) is 3.57. The second kappa shape index (κ2) is 10.3. The van der Waals surface area contributed by atoms with E-state index in [0.29, 0.717) is 29.8 Å². The number of benzene rings is 2. The van der Waals surface area contributed by atoms with Crippen molar-refractivity contribution in [3.8, 4) is 0 Å². The highest BCUT2D eigenvalue weighted by Crippen LogP contribution is 2.27. The van der Waals surface area contributed by atoms with Gasteiger partial charge >= 0.3 is 0 Å². The van der Waals surface area contributed by atoms with E-state index in [2.05, 4.69) is 9.71 Å². The molecule has 0 aliphatic carbocycles. The molecule has 1 amide bonds. The van der Waals surface area contributed by atoms with E-state index in [1.807, 2.05) is 46.9 Å². The molecule has 198 valence electrons. The molecule has 3 heterocycles. The van der Waals surface area contributed by atoms with Gasteiger partial charge in [-0.1, -0.05) is 17.7 Å². The minimum absolute atomic E-state index is 0. The summed E-state index contributed by atoms with van der Waals surface area (Å²) in [5, 5.41) is 13.7. The lowest BCUT2D eigenvalue weighted by Crippen LogP contribution is -2.57. The first-order chi connectivity index (χ1) is 17.8. The van der Waals surface area contributed by atoms with Crippen LogP contribution in [0, 0.1) is 0 Å². The van der Waals surface area contributed by atoms with Gasteiger partial charge in [-0.3, -0.25) is 9.52 Å². The first-order valence-electron chi connectivity index (χ1n) is 11.7. The standard InChI is InChI=1S/C25H26ClN5O4S2.2H2/c1-17(30-10-8-18-2-3-19(26)14-23(18)30)24(33)31-12-11-29(15-21(31)16-32)20-4-6-22(7-5-20)37(34,35)28-25-27-9-13-36-25;;/h2-10,13-14,17,21,32H,11-12,15-16H2,1H3,(H,27,28);2*1H/t17-,21-;;/m0../s1. The summed E-state index contributed by atoms with van der Waals surface area (Å²) in [5.41, 5.74) is 1.70. The molecule has 0 unspecified atom stereocenters. The van der Waals surface area contributed by atoms with Crippen LogP contribution in [0.1, 0.15) is 15.8 Å². The van der Waals surface area contributed by atoms with Gasteiger partial charge in [-0.2, -0.15) is 0 Å². The van der Waals surface area contributed by atoms with Crippen LogP contribution < -0.4 is 9.62 Å². The zero-order valence-electron chi connectivity index (χ0n) is 20.0. The van der Waals surface area contributed by atoms with Crippen molar-refractivity contribution in [1.82, 2.24) is 14.5 Å². The number of sulfonamides is 1. The van der Waals surface area contributed by atoms with Crippen molar-refractivity contribution in [2.24, 2.45) is 0 Å². The molecule has 5 rings (SSSR count). The number of hydrogen-bond donors (Lipinski definition) is 2. The number of nitrogens with one attached hydrogen (secondary N) is 1. The van der Waals surface area contributed by atoms with Gasteiger partial charge in [-0.25, -0.2) is 13.4 Å². The van der Waals surface area contributed by atoms with E-state index >= 15 is 0 Å². The molecule has 2 aromatic heterocycles. The monoisotopic (exact) mass is 563 g/mol. The number of carbonyl (C=O) groups is 1. The molecule has 0 radical (unpaired) electrons. The summed E-state index contributed by atoms with van der Waals surface area (Å²) < 4.78 is 29.6. The number of piperazine rings is 1. The van der Waals surface area contributed by atoms with Gasteiger partial charge in [-0.05, 0) is 54.8 Å². The zero-order valence-corrected chi connectivity index (χ0v) is 22.4. The average molecular weight is 564 g/mol. The maximum Gasteiger partial charge on any atom is 0.263 e. The van der Waals surface area contributed by atoms with Crippen LogP contribution >= 0.6 is 22.9 Å². The summed E-state index contributed by atoms with van der Waals surface area (Å²) in [7, 11) is -3.74. The highest BCUT2D eigenvalue weighted by molar-refractivity contribution is 7.93. The lowest BCUT2D eigenvalue weighted by Gasteiger charge is -2.42. The third-order valence-corrected chi connectivity index (χ3v) is 9.01. The predicted molar refractivity (Wildman–Crippen MR) is 150 cm³/mol. The fourth-order valence-corrected chi connectivity index (χ4v) is 6.59. The number of aliphatic hydroxyl groups is 1. The molecule has 1 fully saturated rings. The Labute approximate surface area is 226 Å². The molecule has 2 N–H and O–H groups in total. The van der Waals surface area contributed by atoms with Crippen molar-refractivity contribution in [2.45, 2.75) is 23.9 Å². The van der Waals surface area contributed by atoms with Gasteiger partial charge in [0.1, 0.15) is 6.04 Å². The van der Waals surface area contributed by atoms with Gasteiger partial charge in [0.25, 0.3) is 10.0 Å². The van der Waals surface area contributed by atoms with Crippen LogP contribution in [-0.4, -0.2) is 66.2 Å². The van der Waals surface area contributed by atoms with Crippen LogP contribution in [0.25, 0.3) is 10.9 Å². The molecule has 1 saturated heterocycles. The van der Waals surface area contributed by atoms with Gasteiger partial charge < -0.3 is 19.5 Å². The van der Waals surface area contributed by atoms with Crippen molar-refractivity contribution in [1.29, 1.82) is 0 Å². The number of thiazole rings is 1. The Morgan fingerprint density at radius 3 is 2.73 bits per heavy atom. The molecule has 4 aromatic rings. The van der Waals surface area contributed by atoms with Gasteiger partial charge in [0.05, 0.1) is 23.1 Å². The molecule has 0 saturated carbocycles. The van der Waals surface area contributed by atoms with Gasteiger partial charge in [0.15, 0.2) is 5.13 Å². The first-order valence-corrected chi connectivity index (χ1v) is 14.5. The summed E-state index contributed by atoms with van der Waals surface area (Å²) in [6.07, 6.45) is 3.41. The summed E-state index contributed by atoms with van der Waals surface area (Å²) in [4.78, 5) is 21.4. The van der Waals surface area contributed by atoms with Gasteiger partial charge in [-0.15, -0.1) is 11.3 Å². The van der Waals surface area contributed by atoms with Crippen LogP contribution in [0.3, 0.4) is 0 Å². The third kappa shape index (κ3) is 5.17. The number of rotatable bonds is 7. The van der Waals surface area contributed by atoms with Gasteiger partial charge in [0, 0.05) is 51.0 Å². The van der Waals surface area contributed by atoms with E-state index in [1.54, 1.807) is 34.5 Å². The van der Waals surface area contributed by atoms with Crippen molar-refractivity contribution in [2.75, 3.05) is 35.9 Å². The van der Waals surface area contributed by atoms with E-state index in [-0.39, 0.29) is 20.3 Å². The number of carbonyl (C=O) groups excluding carboxylic acids is 1. The number of aromatic nitrogens is 2. The Hall–Kier alpha value is -3.12. The van der Waals surface area contributed by atoms with Crippen molar-refractivity contribution in [3.05, 3.63) is 71.3 Å². The lowest BCUT2D eigenvalue weighted by molar-refractivity contribution is -0.138. The molecule has 37 heavy (non-hydrogen) atoms. The van der Waals surface area contributed by atoms with E-state index in [9.17, 15) is 18.3 Å². The third-order valence-electron chi connectivity index (χ3n) is 6.60. The first kappa shape index (κ1) is 25.5. The Balaban J connectivity index is 0.00000210. The van der Waals surface area contributed by atoms with Crippen molar-refractivity contribution in [3.63, 3.8) is 0 Å². The fraction of sp³-hybridized carbons (Fsp3) is 0.280. The van der Waals surface area contributed by atoms with E-state index in [0.717, 1.165) is 16.6 Å². The molecule has 1 aliphatic heterocycles. The molecule has 0 bridgehead atoms. The van der Waals surface area contributed by atoms with E-state index in [1.165, 1.54) is 17.5 Å². The topological polar surface area (TPSA) is 108 Å². The van der Waals surface area contributed by atoms with Gasteiger partial charge in [0.2, 0.25) is 5.91 Å². The summed E-state index contributed by atoms with van der Waals surface area (Å²) in [5.74, 6) is -0.0779. The summed E-state index contributed by atoms with van der Waals surface area (Å²) in [6, 6.07) is 13.2. The van der Waals surface area contributed by atoms with Crippen LogP contribution in [0.2, 0.25) is 5.02 Å². The minimum atomic E-state index is -3.74. The normalized spacial score (nSPS) is 17.2. The molecular weight excluding hydrogens is 534 g/mol. The summed E-state index contributed by atoms with van der Waals surface area (Å²) in [6.45, 7) is 3.08. The number of hydrogen-bond acceptors (Lipinski definition) is 7. The number of halogens is 1. The van der Waals surface area contributed by atoms with Crippen LogP contribution in [0.5, 0.6) is 0 Å². The second-order valence-corrected chi connectivity index (χ2v) is 11.9. The van der Waals surface area contributed by atoms with Crippen LogP contribution in [0.4, 0.5) is 10.8 Å². The fourth-order valence-electron chi connectivity index (χ4n) is 4.64. The Kier molecular flexibility index (Phi) is 7.13. The summed E-state index contributed by atoms with van der Waals surface area (Å²) >= 11 is 7.38. The van der Waals surface area contributed by atoms with Crippen molar-refractivity contribution >= 4 is 60.6 Å². The van der Waals surface area contributed by atoms with Crippen LogP contribution in [0.15, 0.2) is 71.2 Å². The number of nitrogens with zero attached hydrogens (tertiary/aromatic N) is 4. The van der Waals surface area contributed by atoms with E-state index < -0.39 is 22.1 Å². The predicted octanol–water partition coefficient (Wildman–Crippen LogP) is 4.31. The quantitative estimate of drug-likeness (QED) is 0.347. The Bertz CT molecular complexity index is 1520. The molecular formula is C25H30ClN5O4S2.